The van der Waals surface area contributed by atoms with E-state index in [0.29, 0.717) is 18.1 Å². The minimum atomic E-state index is -0.281. The van der Waals surface area contributed by atoms with Crippen LogP contribution in [0.2, 0.25) is 0 Å². The van der Waals surface area contributed by atoms with Crippen molar-refractivity contribution in [1.82, 2.24) is 15.4 Å². The molecule has 1 aromatic carbocycles. The van der Waals surface area contributed by atoms with Crippen LogP contribution in [0.1, 0.15) is 30.8 Å². The number of hydrogen-bond donors (Lipinski definition) is 1. The molecule has 1 N–H and O–H groups in total. The van der Waals surface area contributed by atoms with Gasteiger partial charge in [0.1, 0.15) is 5.75 Å². The summed E-state index contributed by atoms with van der Waals surface area (Å²) in [5.74, 6) is 3.26. The lowest BCUT2D eigenvalue weighted by Crippen LogP contribution is -2.37. The van der Waals surface area contributed by atoms with Crippen LogP contribution in [0.5, 0.6) is 5.75 Å². The first-order valence-electron chi connectivity index (χ1n) is 9.05. The van der Waals surface area contributed by atoms with E-state index in [0.717, 1.165) is 5.56 Å². The van der Waals surface area contributed by atoms with Crippen molar-refractivity contribution in [3.63, 3.8) is 0 Å². The number of carbonyl (C=O) groups excluding carboxylic acids is 2. The molecule has 0 fully saturated rings. The predicted molar refractivity (Wildman–Crippen MR) is 106 cm³/mol. The Labute approximate surface area is 165 Å². The lowest BCUT2D eigenvalue weighted by atomic mass is 10.1. The standard InChI is InChI=1S/C21H25N3O4/c1-5-10-22-20(25)9-11-24(14-15(2)3)21(26)18-13-19(28-23-18)16-7-6-8-17(12-16)27-4/h1,6-8,12-13,15H,9-11,14H2,2-4H3,(H,22,25). The highest BCUT2D eigenvalue weighted by molar-refractivity contribution is 5.93. The fraction of sp³-hybridized carbons (Fsp3) is 0.381. The molecule has 1 aromatic heterocycles. The highest BCUT2D eigenvalue weighted by Crippen LogP contribution is 2.25. The number of nitrogens with one attached hydrogen (secondary N) is 1. The molecule has 2 aromatic rings. The third kappa shape index (κ3) is 5.88. The van der Waals surface area contributed by atoms with Crippen LogP contribution in [0.4, 0.5) is 0 Å². The second-order valence-corrected chi connectivity index (χ2v) is 6.68. The van der Waals surface area contributed by atoms with Crippen molar-refractivity contribution in [2.24, 2.45) is 5.92 Å². The molecule has 148 valence electrons. The number of hydrogen-bond acceptors (Lipinski definition) is 5. The highest BCUT2D eigenvalue weighted by Gasteiger charge is 2.22. The summed E-state index contributed by atoms with van der Waals surface area (Å²) in [5, 5.41) is 6.52. The quantitative estimate of drug-likeness (QED) is 0.673. The molecule has 0 spiro atoms. The summed E-state index contributed by atoms with van der Waals surface area (Å²) in [4.78, 5) is 26.3. The Balaban J connectivity index is 2.12. The average molecular weight is 383 g/mol. The summed E-state index contributed by atoms with van der Waals surface area (Å²) in [5.41, 5.74) is 0.956. The van der Waals surface area contributed by atoms with Crippen LogP contribution in [0.25, 0.3) is 11.3 Å². The van der Waals surface area contributed by atoms with Crippen LogP contribution in [-0.4, -0.2) is 48.6 Å². The van der Waals surface area contributed by atoms with Crippen molar-refractivity contribution >= 4 is 11.8 Å². The zero-order chi connectivity index (χ0) is 20.5. The van der Waals surface area contributed by atoms with Crippen LogP contribution in [-0.2, 0) is 4.79 Å². The molecule has 0 aliphatic heterocycles. The third-order valence-corrected chi connectivity index (χ3v) is 3.95. The molecule has 0 saturated heterocycles. The molecule has 2 amide bonds. The summed E-state index contributed by atoms with van der Waals surface area (Å²) >= 11 is 0. The number of nitrogens with zero attached hydrogens (tertiary/aromatic N) is 2. The molecule has 28 heavy (non-hydrogen) atoms. The monoisotopic (exact) mass is 383 g/mol. The van der Waals surface area contributed by atoms with E-state index < -0.39 is 0 Å². The minimum Gasteiger partial charge on any atom is -0.497 e. The highest BCUT2D eigenvalue weighted by atomic mass is 16.5. The van der Waals surface area contributed by atoms with Gasteiger partial charge in [0.15, 0.2) is 11.5 Å². The average Bonchev–Trinajstić information content (AvgIpc) is 3.19. The van der Waals surface area contributed by atoms with Gasteiger partial charge in [0.2, 0.25) is 5.91 Å². The van der Waals surface area contributed by atoms with Gasteiger partial charge in [0.05, 0.1) is 13.7 Å². The maximum absolute atomic E-state index is 12.9. The van der Waals surface area contributed by atoms with E-state index in [1.54, 1.807) is 24.1 Å². The van der Waals surface area contributed by atoms with E-state index >= 15 is 0 Å². The third-order valence-electron chi connectivity index (χ3n) is 3.95. The SMILES string of the molecule is C#CCNC(=O)CCN(CC(C)C)C(=O)c1cc(-c2cccc(OC)c2)on1. The van der Waals surface area contributed by atoms with E-state index in [1.807, 2.05) is 32.0 Å². The summed E-state index contributed by atoms with van der Waals surface area (Å²) in [7, 11) is 1.58. The second-order valence-electron chi connectivity index (χ2n) is 6.68. The Morgan fingerprint density at radius 3 is 2.82 bits per heavy atom. The lowest BCUT2D eigenvalue weighted by Gasteiger charge is -2.23. The molecule has 0 unspecified atom stereocenters. The number of methoxy groups -OCH3 is 1. The Kier molecular flexibility index (Phi) is 7.64. The molecule has 7 heteroatoms. The van der Waals surface area contributed by atoms with Gasteiger partial charge in [-0.25, -0.2) is 0 Å². The Hall–Kier alpha value is -3.27. The molecule has 7 nitrogen and oxygen atoms in total. The van der Waals surface area contributed by atoms with Gasteiger partial charge in [0.25, 0.3) is 5.91 Å². The van der Waals surface area contributed by atoms with Gasteiger partial charge >= 0.3 is 0 Å². The summed E-state index contributed by atoms with van der Waals surface area (Å²) in [6, 6.07) is 8.90. The van der Waals surface area contributed by atoms with Gasteiger partial charge in [-0.15, -0.1) is 6.42 Å². The first-order chi connectivity index (χ1) is 13.4. The molecule has 0 radical (unpaired) electrons. The van der Waals surface area contributed by atoms with E-state index in [1.165, 1.54) is 0 Å². The number of terminal acetylenes is 1. The lowest BCUT2D eigenvalue weighted by molar-refractivity contribution is -0.121. The van der Waals surface area contributed by atoms with Gasteiger partial charge in [-0.1, -0.05) is 37.1 Å². The molecule has 2 rings (SSSR count). The summed E-state index contributed by atoms with van der Waals surface area (Å²) < 4.78 is 10.6. The maximum atomic E-state index is 12.9. The van der Waals surface area contributed by atoms with Crippen molar-refractivity contribution in [1.29, 1.82) is 0 Å². The number of aromatic nitrogens is 1. The largest absolute Gasteiger partial charge is 0.497 e. The van der Waals surface area contributed by atoms with Crippen molar-refractivity contribution in [3.05, 3.63) is 36.0 Å². The van der Waals surface area contributed by atoms with Crippen LogP contribution in [0.15, 0.2) is 34.9 Å². The number of amides is 2. The number of benzene rings is 1. The van der Waals surface area contributed by atoms with E-state index in [-0.39, 0.29) is 42.9 Å². The first kappa shape index (κ1) is 21.0. The Morgan fingerprint density at radius 1 is 1.36 bits per heavy atom. The first-order valence-corrected chi connectivity index (χ1v) is 9.05. The predicted octanol–water partition coefficient (Wildman–Crippen LogP) is 2.59. The fourth-order valence-corrected chi connectivity index (χ4v) is 2.64. The molecule has 1 heterocycles. The molecular weight excluding hydrogens is 358 g/mol. The van der Waals surface area contributed by atoms with E-state index in [2.05, 4.69) is 16.4 Å². The van der Waals surface area contributed by atoms with Crippen molar-refractivity contribution in [2.45, 2.75) is 20.3 Å². The number of carbonyl (C=O) groups is 2. The molecule has 0 aliphatic carbocycles. The summed E-state index contributed by atoms with van der Waals surface area (Å²) in [6.45, 7) is 4.95. The molecule has 0 aliphatic rings. The Bertz CT molecular complexity index is 851. The van der Waals surface area contributed by atoms with E-state index in [9.17, 15) is 9.59 Å². The maximum Gasteiger partial charge on any atom is 0.276 e. The molecule has 0 bridgehead atoms. The van der Waals surface area contributed by atoms with Gasteiger partial charge in [-0.2, -0.15) is 0 Å². The molecule has 0 saturated carbocycles. The zero-order valence-corrected chi connectivity index (χ0v) is 16.4. The molecule has 0 atom stereocenters. The smallest absolute Gasteiger partial charge is 0.276 e. The minimum absolute atomic E-state index is 0.167. The van der Waals surface area contributed by atoms with Crippen LogP contribution < -0.4 is 10.1 Å². The zero-order valence-electron chi connectivity index (χ0n) is 16.4. The number of ether oxygens (including phenoxy) is 1. The van der Waals surface area contributed by atoms with Crippen LogP contribution in [0.3, 0.4) is 0 Å². The van der Waals surface area contributed by atoms with Crippen molar-refractivity contribution in [2.75, 3.05) is 26.7 Å². The summed E-state index contributed by atoms with van der Waals surface area (Å²) in [6.07, 6.45) is 5.30. The Morgan fingerprint density at radius 2 is 2.14 bits per heavy atom. The molecular formula is C21H25N3O4. The van der Waals surface area contributed by atoms with Gasteiger partial charge in [-0.05, 0) is 18.1 Å². The van der Waals surface area contributed by atoms with Gasteiger partial charge < -0.3 is 19.5 Å². The number of rotatable bonds is 9. The van der Waals surface area contributed by atoms with Crippen LogP contribution in [0, 0.1) is 18.3 Å². The van der Waals surface area contributed by atoms with Gasteiger partial charge in [-0.3, -0.25) is 9.59 Å². The van der Waals surface area contributed by atoms with Crippen molar-refractivity contribution < 1.29 is 18.8 Å². The van der Waals surface area contributed by atoms with Crippen LogP contribution >= 0.6 is 0 Å². The normalized spacial score (nSPS) is 10.4. The van der Waals surface area contributed by atoms with Crippen molar-refractivity contribution in [3.8, 4) is 29.4 Å². The van der Waals surface area contributed by atoms with Gasteiger partial charge in [0, 0.05) is 31.1 Å². The second kappa shape index (κ2) is 10.2. The van der Waals surface area contributed by atoms with E-state index in [4.69, 9.17) is 15.7 Å². The topological polar surface area (TPSA) is 84.7 Å². The fourth-order valence-electron chi connectivity index (χ4n) is 2.64.